The Morgan fingerprint density at radius 3 is 2.50 bits per heavy atom. The summed E-state index contributed by atoms with van der Waals surface area (Å²) in [6, 6.07) is 23.2. The number of H-pyrrole nitrogens is 1. The van der Waals surface area contributed by atoms with E-state index in [1.165, 1.54) is 6.07 Å². The van der Waals surface area contributed by atoms with E-state index in [0.717, 1.165) is 33.9 Å². The molecule has 0 saturated heterocycles. The molecular formula is C26H18F2N4. The highest BCUT2D eigenvalue weighted by Gasteiger charge is 2.14. The summed E-state index contributed by atoms with van der Waals surface area (Å²) in [6.07, 6.45) is 1.73. The molecule has 0 amide bonds. The van der Waals surface area contributed by atoms with Crippen LogP contribution in [0.3, 0.4) is 0 Å². The molecule has 0 spiro atoms. The van der Waals surface area contributed by atoms with Crippen molar-refractivity contribution in [1.82, 2.24) is 15.2 Å². The third kappa shape index (κ3) is 3.63. The molecule has 0 radical (unpaired) electrons. The zero-order valence-electron chi connectivity index (χ0n) is 16.9. The fourth-order valence-corrected chi connectivity index (χ4v) is 3.62. The normalized spacial score (nSPS) is 10.9. The van der Waals surface area contributed by atoms with E-state index in [4.69, 9.17) is 0 Å². The molecule has 0 aliphatic heterocycles. The van der Waals surface area contributed by atoms with Gasteiger partial charge in [0.25, 0.3) is 0 Å². The van der Waals surface area contributed by atoms with Crippen molar-refractivity contribution in [3.8, 4) is 22.4 Å². The van der Waals surface area contributed by atoms with E-state index in [-0.39, 0.29) is 5.56 Å². The third-order valence-corrected chi connectivity index (χ3v) is 5.24. The van der Waals surface area contributed by atoms with E-state index < -0.39 is 11.6 Å². The molecule has 32 heavy (non-hydrogen) atoms. The van der Waals surface area contributed by atoms with Gasteiger partial charge in [0.05, 0.1) is 28.8 Å². The Balaban J connectivity index is 1.43. The molecule has 0 aliphatic rings. The first-order chi connectivity index (χ1) is 15.6. The van der Waals surface area contributed by atoms with Crippen molar-refractivity contribution < 1.29 is 8.78 Å². The molecule has 2 aromatic heterocycles. The summed E-state index contributed by atoms with van der Waals surface area (Å²) in [5.41, 5.74) is 5.33. The lowest BCUT2D eigenvalue weighted by atomic mass is 10.0. The summed E-state index contributed by atoms with van der Waals surface area (Å²) in [6.45, 7) is 4.10. The maximum absolute atomic E-state index is 14.3. The number of hydrogen-bond acceptors (Lipinski definition) is 3. The summed E-state index contributed by atoms with van der Waals surface area (Å²) in [4.78, 5) is 4.51. The SMILES string of the molecule is C=C(Nc1ccc(-c2ccccc2)nc1)c1n[nH]c2ccc(-c3cccc(F)c3F)cc12. The Bertz CT molecular complexity index is 1420. The monoisotopic (exact) mass is 424 g/mol. The lowest BCUT2D eigenvalue weighted by molar-refractivity contribution is 0.511. The van der Waals surface area contributed by atoms with Crippen LogP contribution in [0.2, 0.25) is 0 Å². The molecule has 0 atom stereocenters. The Morgan fingerprint density at radius 1 is 0.875 bits per heavy atom. The van der Waals surface area contributed by atoms with Gasteiger partial charge in [0.2, 0.25) is 0 Å². The second kappa shape index (κ2) is 8.07. The summed E-state index contributed by atoms with van der Waals surface area (Å²) in [7, 11) is 0. The van der Waals surface area contributed by atoms with Crippen LogP contribution in [0.5, 0.6) is 0 Å². The third-order valence-electron chi connectivity index (χ3n) is 5.24. The van der Waals surface area contributed by atoms with Gasteiger partial charge in [-0.3, -0.25) is 10.1 Å². The van der Waals surface area contributed by atoms with Crippen molar-refractivity contribution in [2.45, 2.75) is 0 Å². The predicted molar refractivity (Wildman–Crippen MR) is 124 cm³/mol. The molecule has 0 aliphatic carbocycles. The number of benzene rings is 3. The second-order valence-corrected chi connectivity index (χ2v) is 7.34. The number of fused-ring (bicyclic) bond motifs is 1. The van der Waals surface area contributed by atoms with Crippen molar-refractivity contribution in [2.75, 3.05) is 5.32 Å². The van der Waals surface area contributed by atoms with Crippen molar-refractivity contribution in [2.24, 2.45) is 0 Å². The van der Waals surface area contributed by atoms with Gasteiger partial charge in [0, 0.05) is 16.5 Å². The molecule has 2 N–H and O–H groups in total. The molecular weight excluding hydrogens is 406 g/mol. The number of nitrogens with zero attached hydrogens (tertiary/aromatic N) is 2. The number of nitrogens with one attached hydrogen (secondary N) is 2. The highest BCUT2D eigenvalue weighted by atomic mass is 19.2. The number of rotatable bonds is 5. The van der Waals surface area contributed by atoms with Gasteiger partial charge in [-0.2, -0.15) is 5.10 Å². The summed E-state index contributed by atoms with van der Waals surface area (Å²) < 4.78 is 28.0. The molecule has 0 saturated carbocycles. The van der Waals surface area contributed by atoms with Gasteiger partial charge in [0.1, 0.15) is 5.69 Å². The summed E-state index contributed by atoms with van der Waals surface area (Å²) >= 11 is 0. The van der Waals surface area contributed by atoms with Crippen LogP contribution in [0.25, 0.3) is 39.0 Å². The number of halogens is 2. The highest BCUT2D eigenvalue weighted by molar-refractivity contribution is 5.95. The van der Waals surface area contributed by atoms with Gasteiger partial charge >= 0.3 is 0 Å². The first-order valence-corrected chi connectivity index (χ1v) is 10.0. The van der Waals surface area contributed by atoms with Gasteiger partial charge in [-0.15, -0.1) is 0 Å². The number of aromatic nitrogens is 3. The van der Waals surface area contributed by atoms with E-state index >= 15 is 0 Å². The molecule has 156 valence electrons. The maximum Gasteiger partial charge on any atom is 0.166 e. The molecule has 0 fully saturated rings. The van der Waals surface area contributed by atoms with Gasteiger partial charge in [0.15, 0.2) is 11.6 Å². The number of aromatic amines is 1. The maximum atomic E-state index is 14.3. The minimum atomic E-state index is -0.882. The van der Waals surface area contributed by atoms with Crippen LogP contribution in [-0.2, 0) is 0 Å². The molecule has 0 unspecified atom stereocenters. The van der Waals surface area contributed by atoms with Crippen LogP contribution in [-0.4, -0.2) is 15.2 Å². The first kappa shape index (κ1) is 19.6. The van der Waals surface area contributed by atoms with Crippen LogP contribution < -0.4 is 5.32 Å². The quantitative estimate of drug-likeness (QED) is 0.332. The Hall–Kier alpha value is -4.32. The molecule has 5 aromatic rings. The van der Waals surface area contributed by atoms with Crippen molar-refractivity contribution in [3.63, 3.8) is 0 Å². The number of pyridine rings is 1. The standard InChI is InChI=1S/C26H18F2N4/c1-16(30-19-11-13-23(29-15-19)17-6-3-2-4-7-17)26-21-14-18(10-12-24(21)31-32-26)20-8-5-9-22(27)25(20)28/h2-15,30H,1H2,(H,31,32). The number of hydrogen-bond donors (Lipinski definition) is 2. The van der Waals surface area contributed by atoms with Gasteiger partial charge in [-0.25, -0.2) is 8.78 Å². The second-order valence-electron chi connectivity index (χ2n) is 7.34. The fourth-order valence-electron chi connectivity index (χ4n) is 3.62. The topological polar surface area (TPSA) is 53.6 Å². The van der Waals surface area contributed by atoms with Crippen LogP contribution >= 0.6 is 0 Å². The van der Waals surface area contributed by atoms with Crippen molar-refractivity contribution in [3.05, 3.63) is 109 Å². The fraction of sp³-hybridized carbons (Fsp3) is 0. The lowest BCUT2D eigenvalue weighted by Crippen LogP contribution is -1.99. The molecule has 5 rings (SSSR count). The molecule has 6 heteroatoms. The lowest BCUT2D eigenvalue weighted by Gasteiger charge is -2.09. The predicted octanol–water partition coefficient (Wildman–Crippen LogP) is 6.65. The van der Waals surface area contributed by atoms with E-state index in [0.29, 0.717) is 17.0 Å². The van der Waals surface area contributed by atoms with Crippen LogP contribution in [0.4, 0.5) is 14.5 Å². The Labute approximate surface area is 183 Å². The van der Waals surface area contributed by atoms with Gasteiger partial charge < -0.3 is 5.32 Å². The van der Waals surface area contributed by atoms with E-state index in [1.807, 2.05) is 42.5 Å². The highest BCUT2D eigenvalue weighted by Crippen LogP contribution is 2.30. The van der Waals surface area contributed by atoms with Crippen LogP contribution in [0.15, 0.2) is 91.6 Å². The Morgan fingerprint density at radius 2 is 1.72 bits per heavy atom. The first-order valence-electron chi connectivity index (χ1n) is 10.0. The molecule has 3 aromatic carbocycles. The largest absolute Gasteiger partial charge is 0.353 e. The van der Waals surface area contributed by atoms with Crippen LogP contribution in [0.1, 0.15) is 5.69 Å². The molecule has 0 bridgehead atoms. The van der Waals surface area contributed by atoms with Crippen molar-refractivity contribution >= 4 is 22.3 Å². The summed E-state index contributed by atoms with van der Waals surface area (Å²) in [5, 5.41) is 11.3. The summed E-state index contributed by atoms with van der Waals surface area (Å²) in [5.74, 6) is -1.76. The zero-order valence-corrected chi connectivity index (χ0v) is 16.9. The van der Waals surface area contributed by atoms with E-state index in [2.05, 4.69) is 27.1 Å². The minimum Gasteiger partial charge on any atom is -0.353 e. The molecule has 4 nitrogen and oxygen atoms in total. The van der Waals surface area contributed by atoms with E-state index in [1.54, 1.807) is 30.5 Å². The van der Waals surface area contributed by atoms with Gasteiger partial charge in [-0.1, -0.05) is 55.1 Å². The average Bonchev–Trinajstić information content (AvgIpc) is 3.25. The zero-order chi connectivity index (χ0) is 22.1. The van der Waals surface area contributed by atoms with Crippen molar-refractivity contribution in [1.29, 1.82) is 0 Å². The smallest absolute Gasteiger partial charge is 0.166 e. The van der Waals surface area contributed by atoms with E-state index in [9.17, 15) is 8.78 Å². The average molecular weight is 424 g/mol. The molecule has 2 heterocycles. The Kier molecular flexibility index (Phi) is 4.95. The minimum absolute atomic E-state index is 0.193. The number of anilines is 1. The van der Waals surface area contributed by atoms with Crippen LogP contribution in [0, 0.1) is 11.6 Å². The van der Waals surface area contributed by atoms with Gasteiger partial charge in [-0.05, 0) is 35.9 Å².